The SMILES string of the molecule is Cc1cc(=O)oc2cc(SC(Cl)=C(Cl)C(Cl)=C(Cl)Sc3ccc4c(C)cc(=O)oc4c3)ccc12. The lowest BCUT2D eigenvalue weighted by molar-refractivity contribution is 0.558. The summed E-state index contributed by atoms with van der Waals surface area (Å²) in [7, 11) is 0. The Morgan fingerprint density at radius 3 is 1.41 bits per heavy atom. The minimum atomic E-state index is -0.426. The van der Waals surface area contributed by atoms with Gasteiger partial charge in [0.2, 0.25) is 0 Å². The number of hydrogen-bond donors (Lipinski definition) is 0. The van der Waals surface area contributed by atoms with E-state index >= 15 is 0 Å². The molecule has 0 unspecified atom stereocenters. The van der Waals surface area contributed by atoms with Gasteiger partial charge >= 0.3 is 11.3 Å². The van der Waals surface area contributed by atoms with Gasteiger partial charge in [-0.1, -0.05) is 69.9 Å². The summed E-state index contributed by atoms with van der Waals surface area (Å²) in [6.07, 6.45) is 0. The second-order valence-corrected chi connectivity index (χ2v) is 11.3. The van der Waals surface area contributed by atoms with E-state index in [1.807, 2.05) is 38.1 Å². The van der Waals surface area contributed by atoms with Crippen molar-refractivity contribution in [3.63, 3.8) is 0 Å². The minimum Gasteiger partial charge on any atom is -0.423 e. The van der Waals surface area contributed by atoms with Gasteiger partial charge in [-0.05, 0) is 61.4 Å². The van der Waals surface area contributed by atoms with Crippen molar-refractivity contribution in [2.75, 3.05) is 0 Å². The molecule has 2 aromatic carbocycles. The van der Waals surface area contributed by atoms with E-state index < -0.39 is 11.3 Å². The maximum absolute atomic E-state index is 11.7. The van der Waals surface area contributed by atoms with Crippen molar-refractivity contribution in [1.29, 1.82) is 0 Å². The Balaban J connectivity index is 1.60. The highest BCUT2D eigenvalue weighted by Gasteiger charge is 2.15. The molecule has 2 aromatic heterocycles. The van der Waals surface area contributed by atoms with E-state index in [0.29, 0.717) is 21.0 Å². The van der Waals surface area contributed by atoms with Gasteiger partial charge in [0.05, 0.1) is 18.8 Å². The molecule has 0 amide bonds. The molecular formula is C24H14Cl4O4S2. The Kier molecular flexibility index (Phi) is 7.77. The fraction of sp³-hybridized carbons (Fsp3) is 0.0833. The molecule has 4 nitrogen and oxygen atoms in total. The summed E-state index contributed by atoms with van der Waals surface area (Å²) in [4.78, 5) is 24.8. The molecule has 0 bridgehead atoms. The highest BCUT2D eigenvalue weighted by Crippen LogP contribution is 2.43. The molecule has 0 aliphatic heterocycles. The van der Waals surface area contributed by atoms with E-state index in [2.05, 4.69) is 0 Å². The minimum absolute atomic E-state index is 0.0693. The smallest absolute Gasteiger partial charge is 0.336 e. The Morgan fingerprint density at radius 1 is 0.647 bits per heavy atom. The van der Waals surface area contributed by atoms with Crippen LogP contribution in [0, 0.1) is 13.8 Å². The molecule has 0 saturated heterocycles. The molecule has 0 radical (unpaired) electrons. The van der Waals surface area contributed by atoms with Gasteiger partial charge in [0, 0.05) is 32.7 Å². The first-order chi connectivity index (χ1) is 16.1. The zero-order valence-corrected chi connectivity index (χ0v) is 22.2. The molecule has 0 saturated carbocycles. The number of fused-ring (bicyclic) bond motifs is 2. The van der Waals surface area contributed by atoms with Crippen LogP contribution in [0.5, 0.6) is 0 Å². The van der Waals surface area contributed by atoms with Gasteiger partial charge in [-0.25, -0.2) is 9.59 Å². The summed E-state index contributed by atoms with van der Waals surface area (Å²) in [6.45, 7) is 3.68. The van der Waals surface area contributed by atoms with Gasteiger partial charge in [0.25, 0.3) is 0 Å². The van der Waals surface area contributed by atoms with Crippen LogP contribution in [0.15, 0.2) is 95.5 Å². The molecule has 0 fully saturated rings. The molecule has 0 atom stereocenters. The van der Waals surface area contributed by atoms with Gasteiger partial charge in [0.1, 0.15) is 11.2 Å². The maximum atomic E-state index is 11.7. The van der Waals surface area contributed by atoms with Crippen LogP contribution >= 0.6 is 69.9 Å². The van der Waals surface area contributed by atoms with Crippen LogP contribution in [-0.4, -0.2) is 0 Å². The molecular weight excluding hydrogens is 558 g/mol. The first-order valence-electron chi connectivity index (χ1n) is 9.68. The van der Waals surface area contributed by atoms with Crippen LogP contribution in [0.4, 0.5) is 0 Å². The third-order valence-electron chi connectivity index (χ3n) is 4.80. The number of rotatable bonds is 5. The van der Waals surface area contributed by atoms with Crippen molar-refractivity contribution in [2.45, 2.75) is 23.6 Å². The van der Waals surface area contributed by atoms with Crippen LogP contribution in [0.3, 0.4) is 0 Å². The summed E-state index contributed by atoms with van der Waals surface area (Å²) >= 11 is 27.9. The Labute approximate surface area is 222 Å². The lowest BCUT2D eigenvalue weighted by Crippen LogP contribution is -1.97. The molecule has 10 heteroatoms. The quantitative estimate of drug-likeness (QED) is 0.136. The number of benzene rings is 2. The van der Waals surface area contributed by atoms with E-state index in [4.69, 9.17) is 55.2 Å². The number of hydrogen-bond acceptors (Lipinski definition) is 6. The van der Waals surface area contributed by atoms with Crippen LogP contribution in [-0.2, 0) is 0 Å². The average Bonchev–Trinajstić information content (AvgIpc) is 2.77. The van der Waals surface area contributed by atoms with E-state index in [-0.39, 0.29) is 18.8 Å². The van der Waals surface area contributed by atoms with Crippen molar-refractivity contribution >= 4 is 91.9 Å². The third kappa shape index (κ3) is 5.54. The topological polar surface area (TPSA) is 60.4 Å². The molecule has 0 aliphatic carbocycles. The standard InChI is InChI=1S/C24H14Cl4O4S2/c1-11-7-19(29)31-17-9-13(3-5-15(11)17)33-23(27)21(25)22(26)24(28)34-14-4-6-16-12(2)8-20(30)32-18(16)10-14/h3-10H,1-2H3. The van der Waals surface area contributed by atoms with Gasteiger partial charge in [-0.3, -0.25) is 0 Å². The lowest BCUT2D eigenvalue weighted by atomic mass is 10.1. The number of aryl methyl sites for hydroxylation is 2. The lowest BCUT2D eigenvalue weighted by Gasteiger charge is -2.08. The average molecular weight is 572 g/mol. The summed E-state index contributed by atoms with van der Waals surface area (Å²) in [5.74, 6) is 0. The van der Waals surface area contributed by atoms with E-state index in [1.54, 1.807) is 12.1 Å². The predicted molar refractivity (Wildman–Crippen MR) is 144 cm³/mol. The van der Waals surface area contributed by atoms with Gasteiger partial charge in [-0.2, -0.15) is 0 Å². The second kappa shape index (κ2) is 10.4. The van der Waals surface area contributed by atoms with E-state index in [9.17, 15) is 9.59 Å². The Bertz CT molecular complexity index is 1500. The summed E-state index contributed by atoms with van der Waals surface area (Å²) in [5.41, 5.74) is 1.68. The van der Waals surface area contributed by atoms with Gasteiger partial charge < -0.3 is 8.83 Å². The molecule has 0 spiro atoms. The summed E-state index contributed by atoms with van der Waals surface area (Å²) < 4.78 is 10.9. The zero-order valence-electron chi connectivity index (χ0n) is 17.6. The first-order valence-corrected chi connectivity index (χ1v) is 12.8. The fourth-order valence-electron chi connectivity index (χ4n) is 3.21. The molecule has 4 aromatic rings. The van der Waals surface area contributed by atoms with Crippen LogP contribution in [0.2, 0.25) is 0 Å². The molecule has 0 N–H and O–H groups in total. The Hall–Kier alpha value is -1.80. The van der Waals surface area contributed by atoms with Crippen LogP contribution in [0.25, 0.3) is 21.9 Å². The number of halogens is 4. The van der Waals surface area contributed by atoms with E-state index in [0.717, 1.165) is 45.4 Å². The van der Waals surface area contributed by atoms with Crippen LogP contribution in [0.1, 0.15) is 11.1 Å². The molecule has 4 rings (SSSR count). The van der Waals surface area contributed by atoms with Crippen molar-refractivity contribution < 1.29 is 8.83 Å². The number of thioether (sulfide) groups is 2. The molecule has 34 heavy (non-hydrogen) atoms. The monoisotopic (exact) mass is 570 g/mol. The predicted octanol–water partition coefficient (Wildman–Crippen LogP) is 8.69. The van der Waals surface area contributed by atoms with Crippen molar-refractivity contribution in [1.82, 2.24) is 0 Å². The Morgan fingerprint density at radius 2 is 1.03 bits per heavy atom. The summed E-state index contributed by atoms with van der Waals surface area (Å²) in [5, 5.41) is 1.79. The second-order valence-electron chi connectivity index (χ2n) is 7.19. The molecule has 174 valence electrons. The third-order valence-corrected chi connectivity index (χ3v) is 8.66. The van der Waals surface area contributed by atoms with Crippen molar-refractivity contribution in [2.24, 2.45) is 0 Å². The maximum Gasteiger partial charge on any atom is 0.336 e. The largest absolute Gasteiger partial charge is 0.423 e. The highest BCUT2D eigenvalue weighted by molar-refractivity contribution is 8.05. The fourth-order valence-corrected chi connectivity index (χ4v) is 5.96. The number of allylic oxidation sites excluding steroid dienone is 2. The molecule has 2 heterocycles. The van der Waals surface area contributed by atoms with Gasteiger partial charge in [0.15, 0.2) is 0 Å². The van der Waals surface area contributed by atoms with E-state index in [1.165, 1.54) is 12.1 Å². The normalized spacial score (nSPS) is 13.2. The zero-order chi connectivity index (χ0) is 24.6. The van der Waals surface area contributed by atoms with Gasteiger partial charge in [-0.15, -0.1) is 0 Å². The first kappa shape index (κ1) is 25.3. The van der Waals surface area contributed by atoms with Crippen molar-refractivity contribution in [3.05, 3.63) is 99.3 Å². The van der Waals surface area contributed by atoms with Crippen LogP contribution < -0.4 is 11.3 Å². The van der Waals surface area contributed by atoms with Crippen molar-refractivity contribution in [3.8, 4) is 0 Å². The highest BCUT2D eigenvalue weighted by atomic mass is 35.5. The molecule has 0 aliphatic rings. The summed E-state index contributed by atoms with van der Waals surface area (Å²) in [6, 6.07) is 13.7.